The van der Waals surface area contributed by atoms with Crippen molar-refractivity contribution in [1.29, 1.82) is 0 Å². The molecule has 1 aromatic carbocycles. The van der Waals surface area contributed by atoms with Gasteiger partial charge in [-0.15, -0.1) is 0 Å². The number of hydrogen-bond acceptors (Lipinski definition) is 6. The molecule has 0 amide bonds. The minimum Gasteiger partial charge on any atom is -0.438 e. The monoisotopic (exact) mass is 439 g/mol. The molecule has 0 N–H and O–H groups in total. The van der Waals surface area contributed by atoms with Crippen LogP contribution in [0.2, 0.25) is 0 Å². The summed E-state index contributed by atoms with van der Waals surface area (Å²) in [6, 6.07) is 5.64. The summed E-state index contributed by atoms with van der Waals surface area (Å²) in [5, 5.41) is 10.8. The fraction of sp³-hybridized carbons (Fsp3) is 0.550. The highest BCUT2D eigenvalue weighted by Gasteiger charge is 2.40. The molecule has 8 nitrogen and oxygen atoms in total. The molecular formula is C20H24F3N5O3. The Bertz CT molecular complexity index is 913. The van der Waals surface area contributed by atoms with Crippen LogP contribution in [0.1, 0.15) is 24.5 Å². The predicted octanol–water partition coefficient (Wildman–Crippen LogP) is 3.17. The van der Waals surface area contributed by atoms with E-state index in [0.717, 1.165) is 56.8 Å². The van der Waals surface area contributed by atoms with Gasteiger partial charge in [0.1, 0.15) is 11.8 Å². The first-order chi connectivity index (χ1) is 14.6. The van der Waals surface area contributed by atoms with Crippen LogP contribution in [0.3, 0.4) is 0 Å². The van der Waals surface area contributed by atoms with Gasteiger partial charge >= 0.3 is 18.0 Å². The Balaban J connectivity index is 1.22. The summed E-state index contributed by atoms with van der Waals surface area (Å²) in [7, 11) is 0. The number of imidazole rings is 1. The quantitative estimate of drug-likeness (QED) is 0.508. The minimum absolute atomic E-state index is 0.207. The first kappa shape index (κ1) is 21.6. The van der Waals surface area contributed by atoms with Gasteiger partial charge in [-0.25, -0.2) is 0 Å². The average Bonchev–Trinajstić information content (AvgIpc) is 3.23. The minimum atomic E-state index is -4.31. The van der Waals surface area contributed by atoms with Crippen LogP contribution in [0.5, 0.6) is 6.01 Å². The Labute approximate surface area is 177 Å². The zero-order chi connectivity index (χ0) is 22.2. The number of nitro groups is 1. The number of hydrogen-bond donors (Lipinski definition) is 0. The number of piperazine rings is 1. The van der Waals surface area contributed by atoms with E-state index in [-0.39, 0.29) is 11.8 Å². The van der Waals surface area contributed by atoms with Gasteiger partial charge in [-0.05, 0) is 29.5 Å². The van der Waals surface area contributed by atoms with Gasteiger partial charge in [0.05, 0.1) is 12.1 Å². The second-order valence-electron chi connectivity index (χ2n) is 8.38. The number of benzene rings is 1. The molecule has 11 heteroatoms. The number of nitrogens with zero attached hydrogens (tertiary/aromatic N) is 5. The first-order valence-corrected chi connectivity index (χ1v) is 10.1. The van der Waals surface area contributed by atoms with Gasteiger partial charge in [-0.3, -0.25) is 9.47 Å². The topological polar surface area (TPSA) is 76.7 Å². The molecule has 1 atom stereocenters. The van der Waals surface area contributed by atoms with E-state index in [1.807, 2.05) is 6.92 Å². The summed E-state index contributed by atoms with van der Waals surface area (Å²) in [5.41, 5.74) is -0.202. The summed E-state index contributed by atoms with van der Waals surface area (Å²) in [5.74, 6) is -0.207. The maximum absolute atomic E-state index is 12.7. The third-order valence-corrected chi connectivity index (χ3v) is 5.87. The normalized spacial score (nSPS) is 22.3. The standard InChI is InChI=1S/C20H24F3N5O3/c1-19(14-27-13-17(28(29)30)24-18(27)31-19)6-7-25-8-10-26(11-9-25)12-15-2-4-16(5-3-15)20(21,22)23/h2-5,13H,6-12,14H2,1H3. The van der Waals surface area contributed by atoms with E-state index in [2.05, 4.69) is 14.8 Å². The van der Waals surface area contributed by atoms with Crippen molar-refractivity contribution in [1.82, 2.24) is 19.4 Å². The fourth-order valence-corrected chi connectivity index (χ4v) is 4.03. The van der Waals surface area contributed by atoms with E-state index in [1.165, 1.54) is 6.20 Å². The average molecular weight is 439 g/mol. The van der Waals surface area contributed by atoms with Crippen molar-refractivity contribution in [3.05, 3.63) is 51.7 Å². The second kappa shape index (κ2) is 8.12. The van der Waals surface area contributed by atoms with Gasteiger partial charge in [0.25, 0.3) is 0 Å². The van der Waals surface area contributed by atoms with Crippen LogP contribution in [-0.2, 0) is 19.3 Å². The maximum Gasteiger partial charge on any atom is 0.416 e. The molecule has 4 rings (SSSR count). The molecule has 1 saturated heterocycles. The van der Waals surface area contributed by atoms with Crippen LogP contribution in [-0.4, -0.2) is 62.6 Å². The van der Waals surface area contributed by atoms with Gasteiger partial charge < -0.3 is 19.8 Å². The molecule has 168 valence electrons. The Morgan fingerprint density at radius 2 is 1.81 bits per heavy atom. The molecule has 31 heavy (non-hydrogen) atoms. The number of aromatic nitrogens is 2. The number of halogens is 3. The summed E-state index contributed by atoms with van der Waals surface area (Å²) < 4.78 is 45.6. The Morgan fingerprint density at radius 1 is 1.16 bits per heavy atom. The van der Waals surface area contributed by atoms with E-state index in [4.69, 9.17) is 4.74 Å². The zero-order valence-corrected chi connectivity index (χ0v) is 17.1. The van der Waals surface area contributed by atoms with Crippen molar-refractivity contribution < 1.29 is 22.8 Å². The van der Waals surface area contributed by atoms with E-state index in [9.17, 15) is 23.3 Å². The summed E-state index contributed by atoms with van der Waals surface area (Å²) in [6.45, 7) is 7.38. The third kappa shape index (κ3) is 4.99. The number of rotatable bonds is 6. The summed E-state index contributed by atoms with van der Waals surface area (Å²) >= 11 is 0. The van der Waals surface area contributed by atoms with Crippen molar-refractivity contribution >= 4 is 5.82 Å². The molecule has 2 aliphatic heterocycles. The van der Waals surface area contributed by atoms with Crippen molar-refractivity contribution in [3.63, 3.8) is 0 Å². The van der Waals surface area contributed by atoms with Crippen LogP contribution in [0, 0.1) is 10.1 Å². The van der Waals surface area contributed by atoms with E-state index in [0.29, 0.717) is 13.1 Å². The Kier molecular flexibility index (Phi) is 5.65. The van der Waals surface area contributed by atoms with Crippen LogP contribution in [0.4, 0.5) is 19.0 Å². The summed E-state index contributed by atoms with van der Waals surface area (Å²) in [4.78, 5) is 18.8. The smallest absolute Gasteiger partial charge is 0.416 e. The third-order valence-electron chi connectivity index (χ3n) is 5.87. The second-order valence-corrected chi connectivity index (χ2v) is 8.38. The molecule has 3 heterocycles. The van der Waals surface area contributed by atoms with Gasteiger partial charge in [0.15, 0.2) is 0 Å². The van der Waals surface area contributed by atoms with Gasteiger partial charge in [-0.1, -0.05) is 12.1 Å². The number of fused-ring (bicyclic) bond motifs is 1. The summed E-state index contributed by atoms with van der Waals surface area (Å²) in [6.07, 6.45) is -2.14. The molecule has 1 unspecified atom stereocenters. The molecular weight excluding hydrogens is 415 g/mol. The van der Waals surface area contributed by atoms with E-state index in [1.54, 1.807) is 16.7 Å². The van der Waals surface area contributed by atoms with Crippen LogP contribution >= 0.6 is 0 Å². The lowest BCUT2D eigenvalue weighted by molar-refractivity contribution is -0.389. The lowest BCUT2D eigenvalue weighted by Crippen LogP contribution is -2.47. The van der Waals surface area contributed by atoms with Crippen molar-refractivity contribution in [3.8, 4) is 6.01 Å². The first-order valence-electron chi connectivity index (χ1n) is 10.1. The van der Waals surface area contributed by atoms with E-state index >= 15 is 0 Å². The van der Waals surface area contributed by atoms with Gasteiger partial charge in [0.2, 0.25) is 0 Å². The van der Waals surface area contributed by atoms with Crippen molar-refractivity contribution in [2.75, 3.05) is 32.7 Å². The highest BCUT2D eigenvalue weighted by molar-refractivity contribution is 5.25. The molecule has 0 spiro atoms. The van der Waals surface area contributed by atoms with Gasteiger partial charge in [0, 0.05) is 50.7 Å². The van der Waals surface area contributed by atoms with Gasteiger partial charge in [-0.2, -0.15) is 13.2 Å². The molecule has 0 radical (unpaired) electrons. The molecule has 2 aliphatic rings. The molecule has 1 aromatic heterocycles. The fourth-order valence-electron chi connectivity index (χ4n) is 4.03. The zero-order valence-electron chi connectivity index (χ0n) is 17.1. The number of ether oxygens (including phenoxy) is 1. The molecule has 0 aliphatic carbocycles. The molecule has 0 bridgehead atoms. The lowest BCUT2D eigenvalue weighted by Gasteiger charge is -2.36. The Hall–Kier alpha value is -2.66. The highest BCUT2D eigenvalue weighted by atomic mass is 19.4. The van der Waals surface area contributed by atoms with Crippen LogP contribution in [0.25, 0.3) is 0 Å². The van der Waals surface area contributed by atoms with Crippen LogP contribution < -0.4 is 4.74 Å². The largest absolute Gasteiger partial charge is 0.438 e. The highest BCUT2D eigenvalue weighted by Crippen LogP contribution is 2.33. The van der Waals surface area contributed by atoms with Crippen molar-refractivity contribution in [2.24, 2.45) is 0 Å². The van der Waals surface area contributed by atoms with Crippen molar-refractivity contribution in [2.45, 2.75) is 38.2 Å². The SMILES string of the molecule is CC1(CCN2CCN(Cc3ccc(C(F)(F)F)cc3)CC2)Cn2cc([N+](=O)[O-])nc2O1. The molecule has 2 aromatic rings. The van der Waals surface area contributed by atoms with E-state index < -0.39 is 22.3 Å². The maximum atomic E-state index is 12.7. The predicted molar refractivity (Wildman–Crippen MR) is 106 cm³/mol. The Morgan fingerprint density at radius 3 is 2.39 bits per heavy atom. The number of alkyl halides is 3. The molecule has 1 fully saturated rings. The molecule has 0 saturated carbocycles. The van der Waals surface area contributed by atoms with Crippen LogP contribution in [0.15, 0.2) is 30.5 Å². The lowest BCUT2D eigenvalue weighted by atomic mass is 10.0.